The Morgan fingerprint density at radius 2 is 1.14 bits per heavy atom. The summed E-state index contributed by atoms with van der Waals surface area (Å²) in [6.45, 7) is 1.18. The van der Waals surface area contributed by atoms with Crippen molar-refractivity contribution in [1.82, 2.24) is 4.90 Å². The second kappa shape index (κ2) is 10.1. The van der Waals surface area contributed by atoms with Gasteiger partial charge in [-0.2, -0.15) is 43.2 Å². The molecule has 0 aliphatic carbocycles. The van der Waals surface area contributed by atoms with Crippen LogP contribution in [0.15, 0.2) is 0 Å². The third kappa shape index (κ3) is 7.84. The number of hydrogen-bond donors (Lipinski definition) is 0. The first kappa shape index (κ1) is 26.4. The summed E-state index contributed by atoms with van der Waals surface area (Å²) in [5, 5.41) is 0. The SMILES string of the molecule is CCCCCCCCN1C[C@@H](OS(=O)(=O)C(F)(F)F)[C@H](OS(=O)(=O)C(F)(F)F)C1. The lowest BCUT2D eigenvalue weighted by molar-refractivity contribution is -0.0665. The van der Waals surface area contributed by atoms with Gasteiger partial charge in [-0.25, -0.2) is 0 Å². The van der Waals surface area contributed by atoms with Crippen molar-refractivity contribution in [3.8, 4) is 0 Å². The van der Waals surface area contributed by atoms with Crippen molar-refractivity contribution in [2.24, 2.45) is 0 Å². The van der Waals surface area contributed by atoms with Crippen molar-refractivity contribution in [3.05, 3.63) is 0 Å². The molecule has 29 heavy (non-hydrogen) atoms. The molecule has 0 bridgehead atoms. The molecule has 0 radical (unpaired) electrons. The van der Waals surface area contributed by atoms with Gasteiger partial charge in [-0.05, 0) is 13.0 Å². The zero-order valence-electron chi connectivity index (χ0n) is 15.5. The van der Waals surface area contributed by atoms with Gasteiger partial charge < -0.3 is 0 Å². The van der Waals surface area contributed by atoms with Gasteiger partial charge in [0.2, 0.25) is 0 Å². The van der Waals surface area contributed by atoms with Crippen molar-refractivity contribution in [3.63, 3.8) is 0 Å². The van der Waals surface area contributed by atoms with Gasteiger partial charge >= 0.3 is 31.3 Å². The minimum atomic E-state index is -6.15. The van der Waals surface area contributed by atoms with E-state index in [1.54, 1.807) is 0 Å². The van der Waals surface area contributed by atoms with Crippen LogP contribution in [0.25, 0.3) is 0 Å². The van der Waals surface area contributed by atoms with E-state index in [9.17, 15) is 43.2 Å². The van der Waals surface area contributed by atoms with Gasteiger partial charge in [0, 0.05) is 13.1 Å². The first-order valence-electron chi connectivity index (χ1n) is 8.82. The molecule has 0 saturated carbocycles. The Balaban J connectivity index is 2.83. The Morgan fingerprint density at radius 1 is 0.759 bits per heavy atom. The predicted octanol–water partition coefficient (Wildman–Crippen LogP) is 3.13. The molecule has 0 amide bonds. The van der Waals surface area contributed by atoms with Crippen molar-refractivity contribution in [2.45, 2.75) is 68.7 Å². The summed E-state index contributed by atoms with van der Waals surface area (Å²) in [6.07, 6.45) is 1.08. The fourth-order valence-electron chi connectivity index (χ4n) is 2.74. The zero-order chi connectivity index (χ0) is 22.5. The lowest BCUT2D eigenvalue weighted by Gasteiger charge is -2.20. The second-order valence-corrected chi connectivity index (χ2v) is 9.72. The van der Waals surface area contributed by atoms with E-state index in [1.807, 2.05) is 6.92 Å². The van der Waals surface area contributed by atoms with Crippen molar-refractivity contribution >= 4 is 20.2 Å². The van der Waals surface area contributed by atoms with Gasteiger partial charge in [0.25, 0.3) is 0 Å². The molecule has 0 aromatic carbocycles. The van der Waals surface area contributed by atoms with Crippen LogP contribution in [0.1, 0.15) is 45.4 Å². The van der Waals surface area contributed by atoms with Crippen LogP contribution < -0.4 is 0 Å². The smallest absolute Gasteiger partial charge is 0.298 e. The molecule has 0 unspecified atom stereocenters. The molecule has 0 aromatic rings. The molecule has 0 aromatic heterocycles. The predicted molar refractivity (Wildman–Crippen MR) is 89.5 cm³/mol. The highest BCUT2D eigenvalue weighted by Crippen LogP contribution is 2.32. The Kier molecular flexibility index (Phi) is 9.20. The van der Waals surface area contributed by atoms with Crippen LogP contribution in [0.4, 0.5) is 26.3 Å². The van der Waals surface area contributed by atoms with Gasteiger partial charge in [0.1, 0.15) is 12.2 Å². The minimum absolute atomic E-state index is 0.212. The Labute approximate surface area is 165 Å². The van der Waals surface area contributed by atoms with Gasteiger partial charge in [-0.1, -0.05) is 39.0 Å². The highest BCUT2D eigenvalue weighted by molar-refractivity contribution is 7.88. The molecule has 0 N–H and O–H groups in total. The molecule has 174 valence electrons. The highest BCUT2D eigenvalue weighted by Gasteiger charge is 2.54. The monoisotopic (exact) mass is 479 g/mol. The van der Waals surface area contributed by atoms with Gasteiger partial charge in [0.15, 0.2) is 0 Å². The molecular weight excluding hydrogens is 456 g/mol. The molecule has 1 rings (SSSR count). The fraction of sp³-hybridized carbons (Fsp3) is 1.00. The third-order valence-corrected chi connectivity index (χ3v) is 6.32. The van der Waals surface area contributed by atoms with Crippen LogP contribution in [-0.2, 0) is 28.6 Å². The first-order chi connectivity index (χ1) is 13.1. The molecule has 7 nitrogen and oxygen atoms in total. The normalized spacial score (nSPS) is 22.3. The Hall–Kier alpha value is -0.640. The Morgan fingerprint density at radius 3 is 1.52 bits per heavy atom. The van der Waals surface area contributed by atoms with Crippen LogP contribution in [0, 0.1) is 0 Å². The number of unbranched alkanes of at least 4 members (excludes halogenated alkanes) is 5. The van der Waals surface area contributed by atoms with Crippen molar-refractivity contribution < 1.29 is 51.5 Å². The minimum Gasteiger partial charge on any atom is -0.298 e. The van der Waals surface area contributed by atoms with E-state index in [1.165, 1.54) is 4.90 Å². The molecule has 0 spiro atoms. The molecule has 1 heterocycles. The molecule has 1 aliphatic heterocycles. The number of likely N-dealkylation sites (tertiary alicyclic amines) is 1. The van der Waals surface area contributed by atoms with Crippen LogP contribution >= 0.6 is 0 Å². The highest BCUT2D eigenvalue weighted by atomic mass is 32.2. The topological polar surface area (TPSA) is 90.0 Å². The average Bonchev–Trinajstić information content (AvgIpc) is 2.89. The standard InChI is InChI=1S/C14H23F6NO6S2/c1-2-3-4-5-6-7-8-21-9-11(26-28(22,23)13(15,16)17)12(10-21)27-29(24,25)14(18,19)20/h11-12H,2-10H2,1H3/t11-,12-/m1/s1. The van der Waals surface area contributed by atoms with E-state index in [4.69, 9.17) is 0 Å². The number of alkyl halides is 6. The van der Waals surface area contributed by atoms with Gasteiger partial charge in [0.05, 0.1) is 0 Å². The van der Waals surface area contributed by atoms with Crippen molar-refractivity contribution in [2.75, 3.05) is 19.6 Å². The first-order valence-corrected chi connectivity index (χ1v) is 11.6. The second-order valence-electron chi connectivity index (χ2n) is 6.60. The number of hydrogen-bond acceptors (Lipinski definition) is 7. The maximum atomic E-state index is 12.5. The summed E-state index contributed by atoms with van der Waals surface area (Å²) in [5.41, 5.74) is -11.6. The molecule has 1 saturated heterocycles. The zero-order valence-corrected chi connectivity index (χ0v) is 17.1. The Bertz CT molecular complexity index is 668. The number of halogens is 6. The van der Waals surface area contributed by atoms with E-state index in [-0.39, 0.29) is 6.54 Å². The quantitative estimate of drug-likeness (QED) is 0.195. The fourth-order valence-corrected chi connectivity index (χ4v) is 3.97. The van der Waals surface area contributed by atoms with Crippen LogP contribution in [-0.4, -0.2) is 64.6 Å². The van der Waals surface area contributed by atoms with E-state index in [0.717, 1.165) is 32.1 Å². The summed E-state index contributed by atoms with van der Waals surface area (Å²) in [5.74, 6) is 0. The van der Waals surface area contributed by atoms with E-state index >= 15 is 0 Å². The summed E-state index contributed by atoms with van der Waals surface area (Å²) >= 11 is 0. The van der Waals surface area contributed by atoms with Crippen LogP contribution in [0.3, 0.4) is 0 Å². The summed E-state index contributed by atoms with van der Waals surface area (Å²) in [6, 6.07) is 0. The summed E-state index contributed by atoms with van der Waals surface area (Å²) < 4.78 is 128. The van der Waals surface area contributed by atoms with Gasteiger partial charge in [-0.15, -0.1) is 0 Å². The van der Waals surface area contributed by atoms with Crippen molar-refractivity contribution in [1.29, 1.82) is 0 Å². The number of nitrogens with zero attached hydrogens (tertiary/aromatic N) is 1. The maximum absolute atomic E-state index is 12.5. The summed E-state index contributed by atoms with van der Waals surface area (Å²) in [4.78, 5) is 1.31. The third-order valence-electron chi connectivity index (χ3n) is 4.19. The van der Waals surface area contributed by atoms with Gasteiger partial charge in [-0.3, -0.25) is 13.3 Å². The molecular formula is C14H23F6NO6S2. The lowest BCUT2D eigenvalue weighted by Crippen LogP contribution is -2.40. The van der Waals surface area contributed by atoms with E-state index < -0.39 is 56.6 Å². The molecule has 2 atom stereocenters. The van der Waals surface area contributed by atoms with Crippen LogP contribution in [0.5, 0.6) is 0 Å². The largest absolute Gasteiger partial charge is 0.523 e. The molecule has 1 fully saturated rings. The summed E-state index contributed by atoms with van der Waals surface area (Å²) in [7, 11) is -12.3. The van der Waals surface area contributed by atoms with Crippen LogP contribution in [0.2, 0.25) is 0 Å². The lowest BCUT2D eigenvalue weighted by atomic mass is 10.1. The van der Waals surface area contributed by atoms with E-state index in [0.29, 0.717) is 6.42 Å². The molecule has 15 heteroatoms. The molecule has 1 aliphatic rings. The van der Waals surface area contributed by atoms with E-state index in [2.05, 4.69) is 8.37 Å². The maximum Gasteiger partial charge on any atom is 0.523 e. The average molecular weight is 479 g/mol. The number of rotatable bonds is 11.